The molecule has 3 rings (SSSR count). The molecule has 0 radical (unpaired) electrons. The molecule has 0 spiro atoms. The second-order valence-corrected chi connectivity index (χ2v) is 9.76. The molecule has 0 N–H and O–H groups in total. The molecule has 0 amide bonds. The van der Waals surface area contributed by atoms with Gasteiger partial charge in [-0.3, -0.25) is 4.79 Å². The first-order valence-corrected chi connectivity index (χ1v) is 11.7. The highest BCUT2D eigenvalue weighted by molar-refractivity contribution is 7.89. The van der Waals surface area contributed by atoms with E-state index in [0.717, 1.165) is 34.9 Å². The number of sulfonamides is 1. The molecule has 0 aromatic heterocycles. The minimum Gasteiger partial charge on any atom is -0.451 e. The number of rotatable bonds is 6. The first-order chi connectivity index (χ1) is 15.0. The van der Waals surface area contributed by atoms with Gasteiger partial charge in [0.25, 0.3) is 0 Å². The van der Waals surface area contributed by atoms with Gasteiger partial charge >= 0.3 is 5.97 Å². The van der Waals surface area contributed by atoms with Gasteiger partial charge in [0, 0.05) is 18.7 Å². The maximum absolute atomic E-state index is 14.4. The van der Waals surface area contributed by atoms with Crippen LogP contribution in [0, 0.1) is 26.6 Å². The summed E-state index contributed by atoms with van der Waals surface area (Å²) in [6, 6.07) is 6.55. The molecular formula is C23H26FNO6S. The van der Waals surface area contributed by atoms with Gasteiger partial charge in [-0.05, 0) is 68.7 Å². The number of nitrogens with zero attached hydrogens (tertiary/aromatic N) is 1. The fourth-order valence-electron chi connectivity index (χ4n) is 3.48. The number of benzene rings is 2. The molecule has 1 aliphatic heterocycles. The highest BCUT2D eigenvalue weighted by Crippen LogP contribution is 2.22. The lowest BCUT2D eigenvalue weighted by Crippen LogP contribution is -2.40. The number of Topliss-reactive ketones (excluding diaryl/α,β-unsaturated/α-hetero) is 1. The number of carbonyl (C=O) groups is 2. The van der Waals surface area contributed by atoms with E-state index < -0.39 is 39.3 Å². The number of halogens is 1. The normalized spacial score (nSPS) is 15.9. The van der Waals surface area contributed by atoms with Crippen LogP contribution in [-0.4, -0.2) is 56.9 Å². The molecule has 1 atom stereocenters. The number of hydrogen-bond donors (Lipinski definition) is 0. The lowest BCUT2D eigenvalue weighted by atomic mass is 9.96. The van der Waals surface area contributed by atoms with Crippen LogP contribution in [0.3, 0.4) is 0 Å². The first kappa shape index (κ1) is 24.0. The maximum Gasteiger partial charge on any atom is 0.341 e. The van der Waals surface area contributed by atoms with Crippen LogP contribution in [0.4, 0.5) is 4.39 Å². The summed E-state index contributed by atoms with van der Waals surface area (Å²) in [6.45, 7) is 7.84. The third-order valence-corrected chi connectivity index (χ3v) is 7.42. The monoisotopic (exact) mass is 463 g/mol. The summed E-state index contributed by atoms with van der Waals surface area (Å²) < 4.78 is 51.6. The third-order valence-electron chi connectivity index (χ3n) is 5.52. The van der Waals surface area contributed by atoms with Crippen molar-refractivity contribution in [2.75, 3.05) is 26.3 Å². The van der Waals surface area contributed by atoms with Crippen molar-refractivity contribution in [2.45, 2.75) is 38.7 Å². The average Bonchev–Trinajstić information content (AvgIpc) is 2.76. The topological polar surface area (TPSA) is 90.0 Å². The summed E-state index contributed by atoms with van der Waals surface area (Å²) in [6.07, 6.45) is -1.18. The van der Waals surface area contributed by atoms with Gasteiger partial charge in [-0.2, -0.15) is 4.31 Å². The fraction of sp³-hybridized carbons (Fsp3) is 0.391. The van der Waals surface area contributed by atoms with Gasteiger partial charge in [-0.1, -0.05) is 6.07 Å². The van der Waals surface area contributed by atoms with Crippen LogP contribution in [0.25, 0.3) is 0 Å². The van der Waals surface area contributed by atoms with Crippen molar-refractivity contribution in [3.05, 3.63) is 64.0 Å². The summed E-state index contributed by atoms with van der Waals surface area (Å²) in [5.41, 5.74) is 2.56. The van der Waals surface area contributed by atoms with Gasteiger partial charge in [-0.25, -0.2) is 17.6 Å². The minimum absolute atomic E-state index is 0.167. The Bertz CT molecular complexity index is 1160. The van der Waals surface area contributed by atoms with E-state index in [1.165, 1.54) is 11.2 Å². The minimum atomic E-state index is -3.93. The second kappa shape index (κ2) is 9.48. The van der Waals surface area contributed by atoms with E-state index in [0.29, 0.717) is 5.56 Å². The molecule has 1 heterocycles. The Balaban J connectivity index is 1.82. The predicted octanol–water partition coefficient (Wildman–Crippen LogP) is 3.20. The van der Waals surface area contributed by atoms with Crippen LogP contribution in [0.1, 0.15) is 44.3 Å². The quantitative estimate of drug-likeness (QED) is 0.483. The molecule has 32 heavy (non-hydrogen) atoms. The number of ketones is 1. The first-order valence-electron chi connectivity index (χ1n) is 10.2. The Morgan fingerprint density at radius 3 is 2.28 bits per heavy atom. The smallest absolute Gasteiger partial charge is 0.341 e. The predicted molar refractivity (Wildman–Crippen MR) is 116 cm³/mol. The molecule has 7 nitrogen and oxygen atoms in total. The van der Waals surface area contributed by atoms with E-state index >= 15 is 0 Å². The zero-order valence-corrected chi connectivity index (χ0v) is 19.3. The van der Waals surface area contributed by atoms with E-state index in [9.17, 15) is 22.4 Å². The molecule has 172 valence electrons. The van der Waals surface area contributed by atoms with Crippen LogP contribution in [0.2, 0.25) is 0 Å². The SMILES string of the molecule is Cc1cc(C)c(C(=O)C(C)OC(=O)c2cc(S(=O)(=O)N3CCOCC3)ccc2F)cc1C. The summed E-state index contributed by atoms with van der Waals surface area (Å²) in [7, 11) is -3.93. The highest BCUT2D eigenvalue weighted by atomic mass is 32.2. The number of morpholine rings is 1. The number of carbonyl (C=O) groups excluding carboxylic acids is 2. The number of ether oxygens (including phenoxy) is 2. The van der Waals surface area contributed by atoms with Gasteiger partial charge in [0.1, 0.15) is 5.82 Å². The lowest BCUT2D eigenvalue weighted by molar-refractivity contribution is 0.0313. The van der Waals surface area contributed by atoms with Gasteiger partial charge in [-0.15, -0.1) is 0 Å². The molecule has 1 aliphatic rings. The van der Waals surface area contributed by atoms with Crippen molar-refractivity contribution in [2.24, 2.45) is 0 Å². The molecule has 0 bridgehead atoms. The average molecular weight is 464 g/mol. The molecule has 1 fully saturated rings. The van der Waals surface area contributed by atoms with Crippen LogP contribution < -0.4 is 0 Å². The summed E-state index contributed by atoms with van der Waals surface area (Å²) in [4.78, 5) is 25.2. The van der Waals surface area contributed by atoms with Gasteiger partial charge in [0.15, 0.2) is 6.10 Å². The van der Waals surface area contributed by atoms with E-state index in [4.69, 9.17) is 9.47 Å². The molecule has 2 aromatic carbocycles. The zero-order chi connectivity index (χ0) is 23.6. The molecule has 1 saturated heterocycles. The molecule has 9 heteroatoms. The Hall–Kier alpha value is -2.62. The van der Waals surface area contributed by atoms with Gasteiger partial charge in [0.2, 0.25) is 15.8 Å². The van der Waals surface area contributed by atoms with Crippen LogP contribution in [-0.2, 0) is 19.5 Å². The van der Waals surface area contributed by atoms with E-state index in [2.05, 4.69) is 0 Å². The zero-order valence-electron chi connectivity index (χ0n) is 18.5. The van der Waals surface area contributed by atoms with Crippen molar-refractivity contribution in [1.29, 1.82) is 0 Å². The molecular weight excluding hydrogens is 437 g/mol. The summed E-state index contributed by atoms with van der Waals surface area (Å²) in [5.74, 6) is -2.46. The van der Waals surface area contributed by atoms with Crippen molar-refractivity contribution >= 4 is 21.8 Å². The van der Waals surface area contributed by atoms with Crippen molar-refractivity contribution in [1.82, 2.24) is 4.31 Å². The summed E-state index contributed by atoms with van der Waals surface area (Å²) in [5, 5.41) is 0. The van der Waals surface area contributed by atoms with E-state index in [-0.39, 0.29) is 31.2 Å². The Morgan fingerprint density at radius 1 is 1.00 bits per heavy atom. The van der Waals surface area contributed by atoms with Gasteiger partial charge in [0.05, 0.1) is 23.7 Å². The molecule has 0 aliphatic carbocycles. The third kappa shape index (κ3) is 4.90. The van der Waals surface area contributed by atoms with Crippen molar-refractivity contribution in [3.63, 3.8) is 0 Å². The largest absolute Gasteiger partial charge is 0.451 e. The molecule has 1 unspecified atom stereocenters. The number of esters is 1. The number of hydrogen-bond acceptors (Lipinski definition) is 6. The maximum atomic E-state index is 14.4. The van der Waals surface area contributed by atoms with Gasteiger partial charge < -0.3 is 9.47 Å². The molecule has 0 saturated carbocycles. The number of aryl methyl sites for hydroxylation is 3. The van der Waals surface area contributed by atoms with E-state index in [1.807, 2.05) is 19.9 Å². The second-order valence-electron chi connectivity index (χ2n) is 7.82. The van der Waals surface area contributed by atoms with E-state index in [1.54, 1.807) is 13.0 Å². The Morgan fingerprint density at radius 2 is 1.62 bits per heavy atom. The van der Waals surface area contributed by atoms with Crippen LogP contribution >= 0.6 is 0 Å². The van der Waals surface area contributed by atoms with Crippen molar-refractivity contribution in [3.8, 4) is 0 Å². The fourth-order valence-corrected chi connectivity index (χ4v) is 4.91. The van der Waals surface area contributed by atoms with Crippen LogP contribution in [0.15, 0.2) is 35.2 Å². The lowest BCUT2D eigenvalue weighted by Gasteiger charge is -2.26. The van der Waals surface area contributed by atoms with Crippen LogP contribution in [0.5, 0.6) is 0 Å². The highest BCUT2D eigenvalue weighted by Gasteiger charge is 2.29. The summed E-state index contributed by atoms with van der Waals surface area (Å²) >= 11 is 0. The standard InChI is InChI=1S/C23H26FNO6S/c1-14-11-16(3)19(12-15(14)2)22(26)17(4)31-23(27)20-13-18(5-6-21(20)24)32(28,29)25-7-9-30-10-8-25/h5-6,11-13,17H,7-10H2,1-4H3. The molecule has 2 aromatic rings. The Kier molecular flexibility index (Phi) is 7.12. The Labute approximate surface area is 187 Å². The van der Waals surface area contributed by atoms with Crippen molar-refractivity contribution < 1.29 is 31.9 Å².